The highest BCUT2D eigenvalue weighted by Crippen LogP contribution is 2.37. The van der Waals surface area contributed by atoms with Crippen molar-refractivity contribution in [1.29, 1.82) is 0 Å². The van der Waals surface area contributed by atoms with E-state index < -0.39 is 18.2 Å². The third-order valence-corrected chi connectivity index (χ3v) is 5.89. The molecule has 0 heterocycles. The van der Waals surface area contributed by atoms with Crippen molar-refractivity contribution in [3.05, 3.63) is 46.5 Å². The highest BCUT2D eigenvalue weighted by atomic mass is 16.6. The van der Waals surface area contributed by atoms with Gasteiger partial charge in [0.2, 0.25) is 11.5 Å². The molecule has 0 bridgehead atoms. The number of carbonyl (C=O) groups is 2. The van der Waals surface area contributed by atoms with E-state index in [4.69, 9.17) is 19.3 Å². The van der Waals surface area contributed by atoms with E-state index in [1.165, 1.54) is 21.1 Å². The molecule has 0 aromatic rings. The van der Waals surface area contributed by atoms with Crippen molar-refractivity contribution >= 4 is 11.8 Å². The van der Waals surface area contributed by atoms with E-state index in [1.807, 2.05) is 20.8 Å². The Morgan fingerprint density at radius 1 is 1.06 bits per heavy atom. The zero-order chi connectivity index (χ0) is 25.1. The number of ketones is 1. The number of ether oxygens (including phenoxy) is 3. The Bertz CT molecular complexity index is 803. The van der Waals surface area contributed by atoms with Crippen molar-refractivity contribution in [3.63, 3.8) is 0 Å². The van der Waals surface area contributed by atoms with Crippen LogP contribution in [0.2, 0.25) is 0 Å². The number of allylic oxidation sites excluding steroid dienone is 4. The molecule has 0 radical (unpaired) electrons. The summed E-state index contributed by atoms with van der Waals surface area (Å²) in [6, 6.07) is 0. The lowest BCUT2D eigenvalue weighted by atomic mass is 9.77. The summed E-state index contributed by atoms with van der Waals surface area (Å²) in [5, 5.41) is 19.1. The van der Waals surface area contributed by atoms with Gasteiger partial charge in [-0.1, -0.05) is 36.3 Å². The highest BCUT2D eigenvalue weighted by Gasteiger charge is 2.44. The zero-order valence-electron chi connectivity index (χ0n) is 21.0. The number of methoxy groups -OCH3 is 2. The summed E-state index contributed by atoms with van der Waals surface area (Å²) in [6.07, 6.45) is 7.33. The first-order valence-corrected chi connectivity index (χ1v) is 11.4. The smallest absolute Gasteiger partial charge is 0.303 e. The second kappa shape index (κ2) is 14.0. The van der Waals surface area contributed by atoms with E-state index in [-0.39, 0.29) is 35.7 Å². The van der Waals surface area contributed by atoms with Crippen LogP contribution in [0.5, 0.6) is 0 Å². The average Bonchev–Trinajstić information content (AvgIpc) is 2.74. The Morgan fingerprint density at radius 2 is 1.73 bits per heavy atom. The Kier molecular flexibility index (Phi) is 12.2. The Balaban J connectivity index is 2.84. The van der Waals surface area contributed by atoms with E-state index >= 15 is 0 Å². The van der Waals surface area contributed by atoms with Gasteiger partial charge in [-0.3, -0.25) is 9.59 Å². The lowest BCUT2D eigenvalue weighted by Gasteiger charge is -2.35. The SMILES string of the molecule is COC1=C(OC)[C@H](OC(C)=O)[C@H](CC=C(C)CCC=C(C)C[C@H](O)C=C(C)CO)[C@@H](C)C1=O. The molecule has 7 nitrogen and oxygen atoms in total. The van der Waals surface area contributed by atoms with Gasteiger partial charge in [0.15, 0.2) is 11.9 Å². The van der Waals surface area contributed by atoms with Crippen LogP contribution in [0.1, 0.15) is 60.3 Å². The van der Waals surface area contributed by atoms with Gasteiger partial charge >= 0.3 is 5.97 Å². The Morgan fingerprint density at radius 3 is 2.27 bits per heavy atom. The van der Waals surface area contributed by atoms with Crippen LogP contribution >= 0.6 is 0 Å². The van der Waals surface area contributed by atoms with Gasteiger partial charge in [0, 0.05) is 18.8 Å². The summed E-state index contributed by atoms with van der Waals surface area (Å²) in [4.78, 5) is 24.5. The molecule has 1 aliphatic rings. The Hall–Kier alpha value is -2.38. The quantitative estimate of drug-likeness (QED) is 0.332. The molecule has 0 fully saturated rings. The van der Waals surface area contributed by atoms with Crippen LogP contribution in [0.4, 0.5) is 0 Å². The number of Topliss-reactive ketones (excluding diaryl/α,β-unsaturated/α-hetero) is 1. The fraction of sp³-hybridized carbons (Fsp3) is 0.615. The fourth-order valence-corrected chi connectivity index (χ4v) is 4.00. The standard InChI is InChI=1S/C26H40O7/c1-16(9-8-10-17(2)13-21(29)14-18(3)15-27)11-12-22-19(4)23(30)25(31-6)26(32-7)24(22)33-20(5)28/h10-11,14,19,21-22,24,27,29H,8-9,12-13,15H2,1-7H3/t19-,21+,22-,24-/m1/s1. The third kappa shape index (κ3) is 8.82. The minimum Gasteiger partial charge on any atom is -0.493 e. The molecule has 2 N–H and O–H groups in total. The van der Waals surface area contributed by atoms with Crippen LogP contribution < -0.4 is 0 Å². The maximum atomic E-state index is 12.8. The predicted molar refractivity (Wildman–Crippen MR) is 127 cm³/mol. The van der Waals surface area contributed by atoms with E-state index in [0.29, 0.717) is 12.8 Å². The number of hydrogen-bond donors (Lipinski definition) is 2. The van der Waals surface area contributed by atoms with Gasteiger partial charge in [0.05, 0.1) is 26.9 Å². The van der Waals surface area contributed by atoms with Crippen molar-refractivity contribution in [2.75, 3.05) is 20.8 Å². The number of aliphatic hydroxyl groups excluding tert-OH is 2. The largest absolute Gasteiger partial charge is 0.493 e. The monoisotopic (exact) mass is 464 g/mol. The molecule has 0 saturated carbocycles. The average molecular weight is 465 g/mol. The molecule has 0 aromatic carbocycles. The maximum Gasteiger partial charge on any atom is 0.303 e. The zero-order valence-corrected chi connectivity index (χ0v) is 21.0. The molecule has 0 amide bonds. The van der Waals surface area contributed by atoms with Crippen molar-refractivity contribution < 1.29 is 34.0 Å². The third-order valence-electron chi connectivity index (χ3n) is 5.89. The molecule has 0 aliphatic heterocycles. The van der Waals surface area contributed by atoms with Crippen LogP contribution in [-0.4, -0.2) is 55.0 Å². The second-order valence-electron chi connectivity index (χ2n) is 8.77. The molecule has 1 aliphatic carbocycles. The second-order valence-corrected chi connectivity index (χ2v) is 8.77. The molecular weight excluding hydrogens is 424 g/mol. The summed E-state index contributed by atoms with van der Waals surface area (Å²) in [5.74, 6) is -0.861. The summed E-state index contributed by atoms with van der Waals surface area (Å²) >= 11 is 0. The van der Waals surface area contributed by atoms with E-state index in [2.05, 4.69) is 12.2 Å². The minimum absolute atomic E-state index is 0.0538. The first-order valence-electron chi connectivity index (χ1n) is 11.4. The normalized spacial score (nSPS) is 23.5. The number of esters is 1. The minimum atomic E-state index is -0.682. The number of carbonyl (C=O) groups excluding carboxylic acids is 2. The van der Waals surface area contributed by atoms with Crippen molar-refractivity contribution in [2.45, 2.75) is 72.5 Å². The van der Waals surface area contributed by atoms with Crippen molar-refractivity contribution in [3.8, 4) is 0 Å². The van der Waals surface area contributed by atoms with E-state index in [9.17, 15) is 14.7 Å². The van der Waals surface area contributed by atoms with Crippen LogP contribution in [0, 0.1) is 11.8 Å². The summed E-state index contributed by atoms with van der Waals surface area (Å²) in [7, 11) is 2.85. The summed E-state index contributed by atoms with van der Waals surface area (Å²) in [6.45, 7) is 8.91. The predicted octanol–water partition coefficient (Wildman–Crippen LogP) is 4.01. The molecule has 1 rings (SSSR count). The van der Waals surface area contributed by atoms with Crippen molar-refractivity contribution in [1.82, 2.24) is 0 Å². The topological polar surface area (TPSA) is 102 Å². The molecule has 186 valence electrons. The van der Waals surface area contributed by atoms with Crippen molar-refractivity contribution in [2.24, 2.45) is 11.8 Å². The lowest BCUT2D eigenvalue weighted by Crippen LogP contribution is -2.42. The van der Waals surface area contributed by atoms with Gasteiger partial charge in [-0.15, -0.1) is 0 Å². The molecule has 0 unspecified atom stereocenters. The van der Waals surface area contributed by atoms with Crippen LogP contribution in [0.3, 0.4) is 0 Å². The maximum absolute atomic E-state index is 12.8. The van der Waals surface area contributed by atoms with Gasteiger partial charge < -0.3 is 24.4 Å². The molecular formula is C26H40O7. The summed E-state index contributed by atoms with van der Waals surface area (Å²) < 4.78 is 16.2. The highest BCUT2D eigenvalue weighted by molar-refractivity contribution is 5.97. The summed E-state index contributed by atoms with van der Waals surface area (Å²) in [5.41, 5.74) is 3.00. The molecule has 4 atom stereocenters. The van der Waals surface area contributed by atoms with E-state index in [1.54, 1.807) is 13.0 Å². The number of rotatable bonds is 12. The lowest BCUT2D eigenvalue weighted by molar-refractivity contribution is -0.153. The number of aliphatic hydroxyl groups is 2. The van der Waals surface area contributed by atoms with Gasteiger partial charge in [-0.2, -0.15) is 0 Å². The Labute approximate surface area is 197 Å². The first-order chi connectivity index (χ1) is 15.5. The van der Waals surface area contributed by atoms with Crippen LogP contribution in [-0.2, 0) is 23.8 Å². The molecule has 0 aromatic heterocycles. The van der Waals surface area contributed by atoms with Gasteiger partial charge in [0.1, 0.15) is 0 Å². The fourth-order valence-electron chi connectivity index (χ4n) is 4.00. The van der Waals surface area contributed by atoms with E-state index in [0.717, 1.165) is 29.6 Å². The van der Waals surface area contributed by atoms with Gasteiger partial charge in [0.25, 0.3) is 0 Å². The van der Waals surface area contributed by atoms with Crippen LogP contribution in [0.25, 0.3) is 0 Å². The molecule has 0 saturated heterocycles. The molecule has 7 heteroatoms. The van der Waals surface area contributed by atoms with Gasteiger partial charge in [-0.25, -0.2) is 0 Å². The number of hydrogen-bond acceptors (Lipinski definition) is 7. The first kappa shape index (κ1) is 28.7. The molecule has 0 spiro atoms. The molecule has 33 heavy (non-hydrogen) atoms. The van der Waals surface area contributed by atoms with Crippen LogP contribution in [0.15, 0.2) is 46.5 Å². The van der Waals surface area contributed by atoms with Gasteiger partial charge in [-0.05, 0) is 52.0 Å².